The van der Waals surface area contributed by atoms with Gasteiger partial charge in [-0.15, -0.1) is 0 Å². The van der Waals surface area contributed by atoms with E-state index in [9.17, 15) is 9.59 Å². The van der Waals surface area contributed by atoms with Crippen LogP contribution < -0.4 is 0 Å². The molecular weight excluding hydrogens is 182 g/mol. The molecule has 0 saturated carbocycles. The highest BCUT2D eigenvalue weighted by atomic mass is 35.5. The second-order valence-corrected chi connectivity index (χ2v) is 3.41. The molecule has 1 saturated heterocycles. The number of nitrogens with zero attached hydrogens (tertiary/aromatic N) is 1. The predicted octanol–water partition coefficient (Wildman–Crippen LogP) is 1.28. The lowest BCUT2D eigenvalue weighted by molar-refractivity contribution is -0.146. The van der Waals surface area contributed by atoms with Crippen molar-refractivity contribution in [3.8, 4) is 0 Å². The zero-order chi connectivity index (χ0) is 9.35. The van der Waals surface area contributed by atoms with Crippen LogP contribution in [0.2, 0.25) is 0 Å². The summed E-state index contributed by atoms with van der Waals surface area (Å²) >= 11 is 5.24. The molecule has 1 aliphatic heterocycles. The average Bonchev–Trinajstić information content (AvgIpc) is 2.32. The number of amides is 1. The van der Waals surface area contributed by atoms with Gasteiger partial charge in [0.05, 0.1) is 0 Å². The smallest absolute Gasteiger partial charge is 0.329 e. The number of carboxylic acid groups (broad SMARTS) is 1. The zero-order valence-electron chi connectivity index (χ0n) is 6.71. The molecule has 12 heavy (non-hydrogen) atoms. The summed E-state index contributed by atoms with van der Waals surface area (Å²) in [6.07, 6.45) is 1.17. The number of carbonyl (C=O) groups excluding carboxylic acids is 1. The Hall–Kier alpha value is -0.770. The molecule has 5 heteroatoms. The summed E-state index contributed by atoms with van der Waals surface area (Å²) in [5.41, 5.74) is -1.10. The van der Waals surface area contributed by atoms with Crippen molar-refractivity contribution in [2.45, 2.75) is 25.3 Å². The van der Waals surface area contributed by atoms with Crippen molar-refractivity contribution >= 4 is 22.9 Å². The Morgan fingerprint density at radius 2 is 2.17 bits per heavy atom. The van der Waals surface area contributed by atoms with Gasteiger partial charge in [0, 0.05) is 6.54 Å². The first-order chi connectivity index (χ1) is 5.48. The van der Waals surface area contributed by atoms with Crippen LogP contribution in [0.15, 0.2) is 0 Å². The number of likely N-dealkylation sites (tertiary alicyclic amines) is 1. The molecule has 0 radical (unpaired) electrons. The quantitative estimate of drug-likeness (QED) is 0.502. The summed E-state index contributed by atoms with van der Waals surface area (Å²) in [6, 6.07) is 0. The molecule has 1 N–H and O–H groups in total. The van der Waals surface area contributed by atoms with Crippen molar-refractivity contribution in [2.24, 2.45) is 0 Å². The van der Waals surface area contributed by atoms with Crippen LogP contribution in [0.3, 0.4) is 0 Å². The van der Waals surface area contributed by atoms with E-state index in [1.54, 1.807) is 0 Å². The molecule has 0 aromatic rings. The van der Waals surface area contributed by atoms with E-state index in [1.165, 1.54) is 11.8 Å². The lowest BCUT2D eigenvalue weighted by atomic mass is 10.00. The number of rotatable bonds is 1. The van der Waals surface area contributed by atoms with Crippen LogP contribution in [0.5, 0.6) is 0 Å². The van der Waals surface area contributed by atoms with Crippen molar-refractivity contribution in [1.29, 1.82) is 0 Å². The molecule has 1 unspecified atom stereocenters. The molecule has 1 rings (SSSR count). The number of hydrogen-bond acceptors (Lipinski definition) is 2. The van der Waals surface area contributed by atoms with E-state index < -0.39 is 16.9 Å². The van der Waals surface area contributed by atoms with Gasteiger partial charge in [-0.1, -0.05) is 0 Å². The van der Waals surface area contributed by atoms with Crippen molar-refractivity contribution < 1.29 is 14.7 Å². The van der Waals surface area contributed by atoms with Crippen LogP contribution in [0.4, 0.5) is 4.79 Å². The van der Waals surface area contributed by atoms with E-state index in [-0.39, 0.29) is 0 Å². The Bertz CT molecular complexity index is 231. The van der Waals surface area contributed by atoms with E-state index in [0.717, 1.165) is 0 Å². The molecule has 4 nitrogen and oxygen atoms in total. The maximum atomic E-state index is 10.8. The van der Waals surface area contributed by atoms with E-state index in [4.69, 9.17) is 16.7 Å². The lowest BCUT2D eigenvalue weighted by Gasteiger charge is -2.28. The second-order valence-electron chi connectivity index (χ2n) is 3.09. The third-order valence-electron chi connectivity index (χ3n) is 2.31. The summed E-state index contributed by atoms with van der Waals surface area (Å²) in [6.45, 7) is 1.95. The Morgan fingerprint density at radius 3 is 2.50 bits per heavy atom. The normalized spacial score (nSPS) is 29.0. The summed E-state index contributed by atoms with van der Waals surface area (Å²) in [4.78, 5) is 22.8. The number of carboxylic acids is 1. The fourth-order valence-corrected chi connectivity index (χ4v) is 1.74. The number of carbonyl (C=O) groups is 2. The van der Waals surface area contributed by atoms with Crippen molar-refractivity contribution in [3.05, 3.63) is 0 Å². The summed E-state index contributed by atoms with van der Waals surface area (Å²) in [7, 11) is 0. The fourth-order valence-electron chi connectivity index (χ4n) is 1.47. The number of hydrogen-bond donors (Lipinski definition) is 1. The number of halogens is 1. The molecule has 1 fully saturated rings. The van der Waals surface area contributed by atoms with Gasteiger partial charge < -0.3 is 10.0 Å². The molecule has 1 atom stereocenters. The minimum absolute atomic E-state index is 0.436. The van der Waals surface area contributed by atoms with Gasteiger partial charge in [0.2, 0.25) is 0 Å². The molecular formula is C7H10ClNO3. The first kappa shape index (κ1) is 9.32. The lowest BCUT2D eigenvalue weighted by Crippen LogP contribution is -2.48. The van der Waals surface area contributed by atoms with Crippen molar-refractivity contribution in [2.75, 3.05) is 6.54 Å². The molecule has 0 bridgehead atoms. The van der Waals surface area contributed by atoms with Gasteiger partial charge >= 0.3 is 11.3 Å². The van der Waals surface area contributed by atoms with Gasteiger partial charge in [-0.2, -0.15) is 0 Å². The van der Waals surface area contributed by atoms with E-state index in [1.807, 2.05) is 0 Å². The molecule has 1 amide bonds. The summed E-state index contributed by atoms with van der Waals surface area (Å²) < 4.78 is 0. The van der Waals surface area contributed by atoms with Gasteiger partial charge in [0.1, 0.15) is 5.54 Å². The van der Waals surface area contributed by atoms with Crippen LogP contribution in [0, 0.1) is 0 Å². The molecule has 1 heterocycles. The summed E-state index contributed by atoms with van der Waals surface area (Å²) in [5, 5.41) is 8.16. The average molecular weight is 192 g/mol. The SMILES string of the molecule is CC1(C(=O)O)CCCN1C(=O)Cl. The Balaban J connectivity index is 2.89. The Morgan fingerprint density at radius 1 is 1.58 bits per heavy atom. The highest BCUT2D eigenvalue weighted by Gasteiger charge is 2.45. The standard InChI is InChI=1S/C7H10ClNO3/c1-7(5(10)11)3-2-4-9(7)6(8)12/h2-4H2,1H3,(H,10,11). The Labute approximate surface area is 75.1 Å². The third-order valence-corrected chi connectivity index (χ3v) is 2.52. The van der Waals surface area contributed by atoms with Gasteiger partial charge in [-0.05, 0) is 31.4 Å². The van der Waals surface area contributed by atoms with Crippen LogP contribution in [0.1, 0.15) is 19.8 Å². The zero-order valence-corrected chi connectivity index (χ0v) is 7.47. The highest BCUT2D eigenvalue weighted by molar-refractivity contribution is 6.63. The van der Waals surface area contributed by atoms with Gasteiger partial charge in [-0.3, -0.25) is 4.79 Å². The first-order valence-corrected chi connectivity index (χ1v) is 4.07. The molecule has 68 valence electrons. The minimum Gasteiger partial charge on any atom is -0.480 e. The van der Waals surface area contributed by atoms with E-state index in [0.29, 0.717) is 19.4 Å². The molecule has 0 aliphatic carbocycles. The predicted molar refractivity (Wildman–Crippen MR) is 43.2 cm³/mol. The number of aliphatic carboxylic acids is 1. The first-order valence-electron chi connectivity index (χ1n) is 3.69. The van der Waals surface area contributed by atoms with Crippen LogP contribution in [-0.4, -0.2) is 33.4 Å². The monoisotopic (exact) mass is 191 g/mol. The van der Waals surface area contributed by atoms with Crippen molar-refractivity contribution in [3.63, 3.8) is 0 Å². The topological polar surface area (TPSA) is 57.6 Å². The van der Waals surface area contributed by atoms with Crippen LogP contribution in [-0.2, 0) is 4.79 Å². The van der Waals surface area contributed by atoms with Gasteiger partial charge in [0.25, 0.3) is 0 Å². The van der Waals surface area contributed by atoms with Crippen molar-refractivity contribution in [1.82, 2.24) is 4.90 Å². The summed E-state index contributed by atoms with van der Waals surface area (Å²) in [5.74, 6) is -0.992. The van der Waals surface area contributed by atoms with Crippen LogP contribution >= 0.6 is 11.6 Å². The van der Waals surface area contributed by atoms with E-state index in [2.05, 4.69) is 0 Å². The van der Waals surface area contributed by atoms with Gasteiger partial charge in [0.15, 0.2) is 0 Å². The van der Waals surface area contributed by atoms with E-state index >= 15 is 0 Å². The van der Waals surface area contributed by atoms with Crippen LogP contribution in [0.25, 0.3) is 0 Å². The second kappa shape index (κ2) is 2.94. The van der Waals surface area contributed by atoms with Gasteiger partial charge in [-0.25, -0.2) is 4.79 Å². The largest absolute Gasteiger partial charge is 0.480 e. The molecule has 1 aliphatic rings. The Kier molecular flexibility index (Phi) is 2.28. The highest BCUT2D eigenvalue weighted by Crippen LogP contribution is 2.30. The molecule has 0 aromatic heterocycles. The molecule has 0 aromatic carbocycles. The maximum Gasteiger partial charge on any atom is 0.329 e. The fraction of sp³-hybridized carbons (Fsp3) is 0.714. The molecule has 0 spiro atoms. The third kappa shape index (κ3) is 1.27. The minimum atomic E-state index is -1.10. The maximum absolute atomic E-state index is 10.8.